The van der Waals surface area contributed by atoms with Gasteiger partial charge in [-0.25, -0.2) is 5.06 Å². The zero-order chi connectivity index (χ0) is 9.52. The van der Waals surface area contributed by atoms with Crippen LogP contribution in [0, 0.1) is 11.3 Å². The second-order valence-corrected chi connectivity index (χ2v) is 3.67. The van der Waals surface area contributed by atoms with Gasteiger partial charge in [-0.1, -0.05) is 0 Å². The molecular weight excluding hydrogens is 188 g/mol. The first-order chi connectivity index (χ1) is 6.34. The zero-order valence-corrected chi connectivity index (χ0v) is 8.18. The molecule has 1 rings (SSSR count). The van der Waals surface area contributed by atoms with Crippen molar-refractivity contribution in [3.8, 4) is 6.07 Å². The van der Waals surface area contributed by atoms with E-state index < -0.39 is 0 Å². The highest BCUT2D eigenvalue weighted by molar-refractivity contribution is 8.00. The Hall–Kier alpha value is -0.730. The van der Waals surface area contributed by atoms with Crippen LogP contribution >= 0.6 is 11.8 Å². The van der Waals surface area contributed by atoms with Gasteiger partial charge in [-0.15, -0.1) is 11.8 Å². The Morgan fingerprint density at radius 1 is 1.62 bits per heavy atom. The van der Waals surface area contributed by atoms with Gasteiger partial charge in [-0.2, -0.15) is 5.26 Å². The maximum Gasteiger partial charge on any atom is 0.256 e. The summed E-state index contributed by atoms with van der Waals surface area (Å²) >= 11 is 1.32. The number of thioether (sulfide) groups is 1. The average Bonchev–Trinajstić information content (AvgIpc) is 2.19. The maximum atomic E-state index is 11.3. The fourth-order valence-corrected chi connectivity index (χ4v) is 1.56. The minimum absolute atomic E-state index is 0.0278. The third-order valence-corrected chi connectivity index (χ3v) is 2.46. The standard InChI is InChI=1S/C8H12N2O2S/c9-3-6-13-7-8(11)10-4-1-2-5-12-10/h1-2,4-7H2. The van der Waals surface area contributed by atoms with Crippen LogP contribution in [-0.2, 0) is 9.63 Å². The lowest BCUT2D eigenvalue weighted by atomic mass is 10.3. The Morgan fingerprint density at radius 2 is 2.46 bits per heavy atom. The van der Waals surface area contributed by atoms with Gasteiger partial charge in [0.1, 0.15) is 0 Å². The van der Waals surface area contributed by atoms with Crippen molar-refractivity contribution < 1.29 is 9.63 Å². The number of nitrogens with zero attached hydrogens (tertiary/aromatic N) is 2. The molecular formula is C8H12N2O2S. The molecule has 0 bridgehead atoms. The second kappa shape index (κ2) is 5.84. The van der Waals surface area contributed by atoms with E-state index in [1.54, 1.807) is 0 Å². The second-order valence-electron chi connectivity index (χ2n) is 2.69. The summed E-state index contributed by atoms with van der Waals surface area (Å²) in [6.45, 7) is 1.32. The van der Waals surface area contributed by atoms with Gasteiger partial charge in [0.2, 0.25) is 0 Å². The summed E-state index contributed by atoms with van der Waals surface area (Å²) in [4.78, 5) is 16.5. The molecule has 0 aromatic heterocycles. The zero-order valence-electron chi connectivity index (χ0n) is 7.36. The van der Waals surface area contributed by atoms with E-state index in [1.807, 2.05) is 6.07 Å². The molecule has 13 heavy (non-hydrogen) atoms. The molecule has 5 heteroatoms. The summed E-state index contributed by atoms with van der Waals surface area (Å²) in [7, 11) is 0. The summed E-state index contributed by atoms with van der Waals surface area (Å²) in [5.41, 5.74) is 0. The van der Waals surface area contributed by atoms with Crippen LogP contribution in [0.1, 0.15) is 12.8 Å². The number of carbonyl (C=O) groups is 1. The molecule has 0 radical (unpaired) electrons. The Kier molecular flexibility index (Phi) is 4.65. The van der Waals surface area contributed by atoms with Gasteiger partial charge in [0.25, 0.3) is 5.91 Å². The van der Waals surface area contributed by atoms with Crippen LogP contribution in [0.4, 0.5) is 0 Å². The smallest absolute Gasteiger partial charge is 0.256 e. The molecule has 4 nitrogen and oxygen atoms in total. The number of rotatable bonds is 3. The summed E-state index contributed by atoms with van der Waals surface area (Å²) in [6, 6.07) is 1.98. The van der Waals surface area contributed by atoms with Crippen molar-refractivity contribution >= 4 is 17.7 Å². The monoisotopic (exact) mass is 200 g/mol. The van der Waals surface area contributed by atoms with E-state index in [2.05, 4.69) is 0 Å². The Bertz CT molecular complexity index is 209. The first-order valence-electron chi connectivity index (χ1n) is 4.22. The highest BCUT2D eigenvalue weighted by atomic mass is 32.2. The molecule has 0 saturated carbocycles. The SMILES string of the molecule is N#CCSCC(=O)N1CCCCO1. The van der Waals surface area contributed by atoms with Crippen molar-refractivity contribution in [3.63, 3.8) is 0 Å². The highest BCUT2D eigenvalue weighted by Gasteiger charge is 2.16. The molecule has 0 N–H and O–H groups in total. The Labute approximate surface area is 81.8 Å². The first kappa shape index (κ1) is 10.4. The summed E-state index contributed by atoms with van der Waals surface area (Å²) in [5.74, 6) is 0.674. The van der Waals surface area contributed by atoms with Gasteiger partial charge in [0.15, 0.2) is 0 Å². The molecule has 1 aliphatic rings. The van der Waals surface area contributed by atoms with E-state index in [0.29, 0.717) is 24.7 Å². The molecule has 1 fully saturated rings. The lowest BCUT2D eigenvalue weighted by Gasteiger charge is -2.25. The van der Waals surface area contributed by atoms with Crippen LogP contribution in [0.5, 0.6) is 0 Å². The lowest BCUT2D eigenvalue weighted by Crippen LogP contribution is -2.36. The molecule has 0 unspecified atom stereocenters. The van der Waals surface area contributed by atoms with Crippen molar-refractivity contribution in [3.05, 3.63) is 0 Å². The van der Waals surface area contributed by atoms with Gasteiger partial charge in [0, 0.05) is 6.54 Å². The average molecular weight is 200 g/mol. The molecule has 0 aromatic carbocycles. The van der Waals surface area contributed by atoms with E-state index in [9.17, 15) is 4.79 Å². The van der Waals surface area contributed by atoms with Crippen molar-refractivity contribution in [2.75, 3.05) is 24.7 Å². The number of nitriles is 1. The minimum Gasteiger partial charge on any atom is -0.272 e. The van der Waals surface area contributed by atoms with Crippen LogP contribution in [0.3, 0.4) is 0 Å². The Balaban J connectivity index is 2.18. The first-order valence-corrected chi connectivity index (χ1v) is 5.38. The van der Waals surface area contributed by atoms with Gasteiger partial charge in [0.05, 0.1) is 24.2 Å². The summed E-state index contributed by atoms with van der Waals surface area (Å²) < 4.78 is 0. The van der Waals surface area contributed by atoms with Gasteiger partial charge in [-0.05, 0) is 12.8 Å². The quantitative estimate of drug-likeness (QED) is 0.632. The molecule has 0 aliphatic carbocycles. The molecule has 1 amide bonds. The van der Waals surface area contributed by atoms with Crippen LogP contribution in [0.2, 0.25) is 0 Å². The molecule has 1 saturated heterocycles. The normalized spacial score (nSPS) is 16.7. The largest absolute Gasteiger partial charge is 0.272 e. The third kappa shape index (κ3) is 3.66. The van der Waals surface area contributed by atoms with Crippen LogP contribution < -0.4 is 0 Å². The minimum atomic E-state index is -0.0278. The maximum absolute atomic E-state index is 11.3. The topological polar surface area (TPSA) is 53.3 Å². The molecule has 1 heterocycles. The summed E-state index contributed by atoms with van der Waals surface area (Å²) in [5, 5.41) is 9.67. The predicted octanol–water partition coefficient (Wildman–Crippen LogP) is 0.797. The van der Waals surface area contributed by atoms with E-state index in [0.717, 1.165) is 12.8 Å². The van der Waals surface area contributed by atoms with Gasteiger partial charge < -0.3 is 0 Å². The lowest BCUT2D eigenvalue weighted by molar-refractivity contribution is -0.194. The fourth-order valence-electron chi connectivity index (χ4n) is 1.05. The summed E-state index contributed by atoms with van der Waals surface area (Å²) in [6.07, 6.45) is 2.03. The predicted molar refractivity (Wildman–Crippen MR) is 49.8 cm³/mol. The van der Waals surface area contributed by atoms with Crippen molar-refractivity contribution in [1.82, 2.24) is 5.06 Å². The number of hydrogen-bond acceptors (Lipinski definition) is 4. The molecule has 1 aliphatic heterocycles. The molecule has 0 atom stereocenters. The van der Waals surface area contributed by atoms with E-state index in [-0.39, 0.29) is 5.91 Å². The van der Waals surface area contributed by atoms with Crippen LogP contribution in [0.15, 0.2) is 0 Å². The highest BCUT2D eigenvalue weighted by Crippen LogP contribution is 2.08. The number of hydroxylamine groups is 2. The number of amides is 1. The van der Waals surface area contributed by atoms with E-state index in [1.165, 1.54) is 16.8 Å². The Morgan fingerprint density at radius 3 is 3.08 bits per heavy atom. The van der Waals surface area contributed by atoms with Crippen molar-refractivity contribution in [1.29, 1.82) is 5.26 Å². The fraction of sp³-hybridized carbons (Fsp3) is 0.750. The van der Waals surface area contributed by atoms with E-state index in [4.69, 9.17) is 10.1 Å². The van der Waals surface area contributed by atoms with Crippen molar-refractivity contribution in [2.24, 2.45) is 0 Å². The van der Waals surface area contributed by atoms with Crippen LogP contribution in [0.25, 0.3) is 0 Å². The van der Waals surface area contributed by atoms with Crippen molar-refractivity contribution in [2.45, 2.75) is 12.8 Å². The number of hydrogen-bond donors (Lipinski definition) is 0. The molecule has 72 valence electrons. The third-order valence-electron chi connectivity index (χ3n) is 1.67. The van der Waals surface area contributed by atoms with Gasteiger partial charge in [-0.3, -0.25) is 9.63 Å². The molecule has 0 spiro atoms. The van der Waals surface area contributed by atoms with E-state index >= 15 is 0 Å². The molecule has 0 aromatic rings. The van der Waals surface area contributed by atoms with Gasteiger partial charge >= 0.3 is 0 Å². The number of carbonyl (C=O) groups excluding carboxylic acids is 1. The van der Waals surface area contributed by atoms with Crippen LogP contribution in [-0.4, -0.2) is 35.6 Å².